The fraction of sp³-hybridized carbons (Fsp3) is 0.267. The maximum absolute atomic E-state index is 6.42. The molecule has 0 radical (unpaired) electrons. The third-order valence-corrected chi connectivity index (χ3v) is 5.67. The zero-order valence-corrected chi connectivity index (χ0v) is 19.4. The van der Waals surface area contributed by atoms with Crippen molar-refractivity contribution in [3.63, 3.8) is 0 Å². The normalized spacial score (nSPS) is 20.8. The lowest BCUT2D eigenvalue weighted by Gasteiger charge is -2.23. The van der Waals surface area contributed by atoms with Crippen LogP contribution in [0.5, 0.6) is 0 Å². The van der Waals surface area contributed by atoms with Gasteiger partial charge in [-0.2, -0.15) is 0 Å². The summed E-state index contributed by atoms with van der Waals surface area (Å²) in [6.07, 6.45) is 3.68. The van der Waals surface area contributed by atoms with Crippen molar-refractivity contribution in [1.82, 2.24) is 0 Å². The van der Waals surface area contributed by atoms with E-state index in [1.54, 1.807) is 0 Å². The summed E-state index contributed by atoms with van der Waals surface area (Å²) in [5, 5.41) is 0. The molecule has 3 aromatic carbocycles. The third-order valence-electron chi connectivity index (χ3n) is 5.67. The van der Waals surface area contributed by atoms with Gasteiger partial charge in [0.2, 0.25) is 0 Å². The van der Waals surface area contributed by atoms with Gasteiger partial charge >= 0.3 is 0 Å². The van der Waals surface area contributed by atoms with Gasteiger partial charge in [0, 0.05) is 0 Å². The van der Waals surface area contributed by atoms with Crippen LogP contribution in [0.1, 0.15) is 23.1 Å². The van der Waals surface area contributed by atoms with Gasteiger partial charge in [-0.15, -0.1) is 6.58 Å². The zero-order valence-electron chi connectivity index (χ0n) is 19.4. The molecule has 4 rings (SSSR count). The molecule has 4 nitrogen and oxygen atoms in total. The minimum Gasteiger partial charge on any atom is -0.487 e. The molecule has 0 saturated carbocycles. The number of allylic oxidation sites excluding steroid dienone is 2. The highest BCUT2D eigenvalue weighted by molar-refractivity contribution is 5.18. The summed E-state index contributed by atoms with van der Waals surface area (Å²) in [6.45, 7) is 5.72. The lowest BCUT2D eigenvalue weighted by Crippen LogP contribution is -2.37. The number of benzene rings is 3. The molecule has 1 fully saturated rings. The lowest BCUT2D eigenvalue weighted by atomic mass is 10.1. The molecule has 0 bridgehead atoms. The van der Waals surface area contributed by atoms with E-state index in [9.17, 15) is 0 Å². The van der Waals surface area contributed by atoms with Crippen LogP contribution in [0.3, 0.4) is 0 Å². The Morgan fingerprint density at radius 3 is 1.79 bits per heavy atom. The molecule has 0 unspecified atom stereocenters. The number of ether oxygens (including phenoxy) is 4. The van der Waals surface area contributed by atoms with Gasteiger partial charge in [0.25, 0.3) is 0 Å². The zero-order chi connectivity index (χ0) is 23.4. The number of hydrogen-bond donors (Lipinski definition) is 0. The Hall–Kier alpha value is -3.18. The van der Waals surface area contributed by atoms with Gasteiger partial charge in [-0.25, -0.2) is 0 Å². The predicted octanol–water partition coefficient (Wildman–Crippen LogP) is 6.23. The van der Waals surface area contributed by atoms with Gasteiger partial charge in [0.1, 0.15) is 18.0 Å². The second-order valence-electron chi connectivity index (χ2n) is 8.27. The van der Waals surface area contributed by atoms with Gasteiger partial charge in [-0.05, 0) is 29.2 Å². The van der Waals surface area contributed by atoms with E-state index in [4.69, 9.17) is 18.9 Å². The average molecular weight is 457 g/mol. The van der Waals surface area contributed by atoms with Crippen LogP contribution in [0.15, 0.2) is 115 Å². The van der Waals surface area contributed by atoms with Crippen molar-refractivity contribution in [2.24, 2.45) is 0 Å². The van der Waals surface area contributed by atoms with E-state index in [0.717, 1.165) is 22.4 Å². The molecular weight excluding hydrogens is 424 g/mol. The smallest absolute Gasteiger partial charge is 0.151 e. The lowest BCUT2D eigenvalue weighted by molar-refractivity contribution is -0.0894. The standard InChI is InChI=1S/C30H32O4/c1-2-3-19-27-29(32-21-25-15-9-5-10-16-25)30(33-22-26-17-11-6-12-18-26)28(34-27)23-31-20-24-13-7-4-8-14-24/h2,4-19,28-30H,1,3,20-23H2/b27-19+/t28-,29-,30-/m1/s1. The molecule has 3 aromatic rings. The van der Waals surface area contributed by atoms with Crippen LogP contribution >= 0.6 is 0 Å². The van der Waals surface area contributed by atoms with E-state index in [-0.39, 0.29) is 18.3 Å². The van der Waals surface area contributed by atoms with Gasteiger partial charge in [-0.1, -0.05) is 97.1 Å². The second-order valence-corrected chi connectivity index (χ2v) is 8.27. The maximum Gasteiger partial charge on any atom is 0.151 e. The van der Waals surface area contributed by atoms with Crippen molar-refractivity contribution in [2.45, 2.75) is 44.6 Å². The summed E-state index contributed by atoms with van der Waals surface area (Å²) >= 11 is 0. The summed E-state index contributed by atoms with van der Waals surface area (Å²) in [5.41, 5.74) is 3.34. The molecule has 3 atom stereocenters. The molecule has 34 heavy (non-hydrogen) atoms. The van der Waals surface area contributed by atoms with Crippen molar-refractivity contribution >= 4 is 0 Å². The second kappa shape index (κ2) is 12.9. The Bertz CT molecular complexity index is 1020. The summed E-state index contributed by atoms with van der Waals surface area (Å²) in [5.74, 6) is 0.780. The van der Waals surface area contributed by atoms with Crippen LogP contribution in [0.4, 0.5) is 0 Å². The summed E-state index contributed by atoms with van der Waals surface area (Å²) < 4.78 is 25.2. The van der Waals surface area contributed by atoms with Crippen molar-refractivity contribution in [3.05, 3.63) is 132 Å². The Morgan fingerprint density at radius 2 is 1.24 bits per heavy atom. The minimum atomic E-state index is -0.325. The van der Waals surface area contributed by atoms with Crippen LogP contribution in [-0.4, -0.2) is 24.9 Å². The van der Waals surface area contributed by atoms with Crippen molar-refractivity contribution in [1.29, 1.82) is 0 Å². The molecule has 1 aliphatic heterocycles. The number of hydrogen-bond acceptors (Lipinski definition) is 4. The highest BCUT2D eigenvalue weighted by Crippen LogP contribution is 2.32. The quantitative estimate of drug-likeness (QED) is 0.303. The monoisotopic (exact) mass is 456 g/mol. The first-order chi connectivity index (χ1) is 16.8. The van der Waals surface area contributed by atoms with Gasteiger partial charge in [0.15, 0.2) is 6.10 Å². The molecule has 0 spiro atoms. The fourth-order valence-electron chi connectivity index (χ4n) is 3.92. The third kappa shape index (κ3) is 6.91. The summed E-state index contributed by atoms with van der Waals surface area (Å²) in [6, 6.07) is 30.5. The molecular formula is C30H32O4. The number of rotatable bonds is 12. The Labute approximate surface area is 202 Å². The largest absolute Gasteiger partial charge is 0.487 e. The molecule has 4 heteroatoms. The Kier molecular flexibility index (Phi) is 9.09. The van der Waals surface area contributed by atoms with Crippen LogP contribution < -0.4 is 0 Å². The van der Waals surface area contributed by atoms with Crippen LogP contribution in [0, 0.1) is 0 Å². The van der Waals surface area contributed by atoms with E-state index >= 15 is 0 Å². The molecule has 0 aliphatic carbocycles. The fourth-order valence-corrected chi connectivity index (χ4v) is 3.92. The highest BCUT2D eigenvalue weighted by Gasteiger charge is 2.43. The Morgan fingerprint density at radius 1 is 0.706 bits per heavy atom. The SMILES string of the molecule is C=CC/C=C1/O[C@H](COCc2ccccc2)[C@@H](OCc2ccccc2)[C@@H]1OCc1ccccc1. The molecule has 176 valence electrons. The van der Waals surface area contributed by atoms with Gasteiger partial charge < -0.3 is 18.9 Å². The van der Waals surface area contributed by atoms with Crippen molar-refractivity contribution in [3.8, 4) is 0 Å². The average Bonchev–Trinajstić information content (AvgIpc) is 3.22. The molecule has 0 N–H and O–H groups in total. The predicted molar refractivity (Wildman–Crippen MR) is 134 cm³/mol. The van der Waals surface area contributed by atoms with E-state index in [1.807, 2.05) is 66.7 Å². The van der Waals surface area contributed by atoms with Gasteiger partial charge in [-0.3, -0.25) is 0 Å². The maximum atomic E-state index is 6.42. The topological polar surface area (TPSA) is 36.9 Å². The van der Waals surface area contributed by atoms with E-state index in [0.29, 0.717) is 32.8 Å². The van der Waals surface area contributed by atoms with Crippen LogP contribution in [0.25, 0.3) is 0 Å². The molecule has 1 heterocycles. The first kappa shape index (κ1) is 24.0. The highest BCUT2D eigenvalue weighted by atomic mass is 16.6. The molecule has 0 amide bonds. The molecule has 1 aliphatic rings. The minimum absolute atomic E-state index is 0.274. The van der Waals surface area contributed by atoms with E-state index in [1.165, 1.54) is 0 Å². The van der Waals surface area contributed by atoms with Crippen LogP contribution in [-0.2, 0) is 38.8 Å². The van der Waals surface area contributed by atoms with E-state index in [2.05, 4.69) is 43.0 Å². The summed E-state index contributed by atoms with van der Waals surface area (Å²) in [4.78, 5) is 0. The van der Waals surface area contributed by atoms with E-state index < -0.39 is 0 Å². The van der Waals surface area contributed by atoms with Crippen molar-refractivity contribution in [2.75, 3.05) is 6.61 Å². The first-order valence-corrected chi connectivity index (χ1v) is 11.7. The first-order valence-electron chi connectivity index (χ1n) is 11.7. The molecule has 1 saturated heterocycles. The Balaban J connectivity index is 1.48. The van der Waals surface area contributed by atoms with Gasteiger partial charge in [0.05, 0.1) is 26.4 Å². The summed E-state index contributed by atoms with van der Waals surface area (Å²) in [7, 11) is 0. The molecule has 0 aromatic heterocycles. The van der Waals surface area contributed by atoms with Crippen LogP contribution in [0.2, 0.25) is 0 Å². The van der Waals surface area contributed by atoms with Crippen molar-refractivity contribution < 1.29 is 18.9 Å².